The molecule has 4 nitrogen and oxygen atoms in total. The van der Waals surface area contributed by atoms with Gasteiger partial charge in [0.15, 0.2) is 5.96 Å². The molecule has 1 heterocycles. The van der Waals surface area contributed by atoms with Gasteiger partial charge in [0, 0.05) is 32.2 Å². The van der Waals surface area contributed by atoms with Crippen LogP contribution < -0.4 is 10.6 Å². The molecule has 124 valence electrons. The lowest BCUT2D eigenvalue weighted by atomic mass is 10.1. The molecule has 0 atom stereocenters. The van der Waals surface area contributed by atoms with E-state index in [0.29, 0.717) is 12.1 Å². The van der Waals surface area contributed by atoms with E-state index in [1.54, 1.807) is 19.2 Å². The lowest BCUT2D eigenvalue weighted by Gasteiger charge is -2.26. The molecule has 0 saturated carbocycles. The van der Waals surface area contributed by atoms with Gasteiger partial charge in [-0.05, 0) is 32.0 Å². The largest absolute Gasteiger partial charge is 0.355 e. The molecule has 1 saturated heterocycles. The van der Waals surface area contributed by atoms with Crippen LogP contribution in [-0.2, 0) is 6.54 Å². The molecular weight excluding hydrogens is 394 g/mol. The molecule has 0 aromatic heterocycles. The molecular formula is C16H26FIN4. The van der Waals surface area contributed by atoms with Crippen molar-refractivity contribution in [3.8, 4) is 0 Å². The average molecular weight is 420 g/mol. The summed E-state index contributed by atoms with van der Waals surface area (Å²) in [6.45, 7) is 4.72. The number of benzene rings is 1. The Bertz CT molecular complexity index is 461. The van der Waals surface area contributed by atoms with E-state index < -0.39 is 0 Å². The van der Waals surface area contributed by atoms with E-state index >= 15 is 0 Å². The zero-order chi connectivity index (χ0) is 14.9. The molecule has 22 heavy (non-hydrogen) atoms. The standard InChI is InChI=1S/C16H25FN4.HI/c1-18-16(19-9-12-21-10-5-2-6-11-21)20-13-14-7-3-4-8-15(14)17;/h3-4,7-8H,2,5-6,9-13H2,1H3,(H2,18,19,20);1H. The third-order valence-corrected chi connectivity index (χ3v) is 3.80. The summed E-state index contributed by atoms with van der Waals surface area (Å²) < 4.78 is 13.5. The van der Waals surface area contributed by atoms with Gasteiger partial charge >= 0.3 is 0 Å². The number of guanidine groups is 1. The first-order valence-electron chi connectivity index (χ1n) is 7.70. The second kappa shape index (κ2) is 10.8. The van der Waals surface area contributed by atoms with Crippen molar-refractivity contribution in [2.45, 2.75) is 25.8 Å². The third-order valence-electron chi connectivity index (χ3n) is 3.80. The Morgan fingerprint density at radius 2 is 1.91 bits per heavy atom. The Hall–Kier alpha value is -0.890. The molecule has 1 aliphatic rings. The highest BCUT2D eigenvalue weighted by Gasteiger charge is 2.09. The Labute approximate surface area is 149 Å². The van der Waals surface area contributed by atoms with Crippen LogP contribution in [0.4, 0.5) is 4.39 Å². The lowest BCUT2D eigenvalue weighted by Crippen LogP contribution is -2.42. The first-order valence-corrected chi connectivity index (χ1v) is 7.70. The molecule has 0 amide bonds. The summed E-state index contributed by atoms with van der Waals surface area (Å²) in [6.07, 6.45) is 3.97. The summed E-state index contributed by atoms with van der Waals surface area (Å²) in [6, 6.07) is 6.80. The number of likely N-dealkylation sites (tertiary alicyclic amines) is 1. The van der Waals surface area contributed by atoms with Crippen molar-refractivity contribution in [2.75, 3.05) is 33.2 Å². The summed E-state index contributed by atoms with van der Waals surface area (Å²) >= 11 is 0. The summed E-state index contributed by atoms with van der Waals surface area (Å²) in [4.78, 5) is 6.64. The normalized spacial score (nSPS) is 16.0. The van der Waals surface area contributed by atoms with Crippen molar-refractivity contribution >= 4 is 29.9 Å². The molecule has 0 radical (unpaired) electrons. The number of halogens is 2. The van der Waals surface area contributed by atoms with Gasteiger partial charge in [-0.25, -0.2) is 4.39 Å². The van der Waals surface area contributed by atoms with E-state index in [1.807, 2.05) is 6.07 Å². The molecule has 1 aromatic rings. The molecule has 2 rings (SSSR count). The maximum absolute atomic E-state index is 13.5. The van der Waals surface area contributed by atoms with Gasteiger partial charge in [-0.15, -0.1) is 24.0 Å². The van der Waals surface area contributed by atoms with Crippen molar-refractivity contribution in [1.29, 1.82) is 0 Å². The predicted molar refractivity (Wildman–Crippen MR) is 100 cm³/mol. The van der Waals surface area contributed by atoms with Crippen molar-refractivity contribution in [3.05, 3.63) is 35.6 Å². The number of hydrogen-bond acceptors (Lipinski definition) is 2. The Balaban J connectivity index is 0.00000242. The topological polar surface area (TPSA) is 39.7 Å². The van der Waals surface area contributed by atoms with E-state index in [9.17, 15) is 4.39 Å². The zero-order valence-electron chi connectivity index (χ0n) is 13.1. The first-order chi connectivity index (χ1) is 10.3. The fourth-order valence-corrected chi connectivity index (χ4v) is 2.56. The Kier molecular flexibility index (Phi) is 9.38. The maximum atomic E-state index is 13.5. The Morgan fingerprint density at radius 1 is 1.18 bits per heavy atom. The van der Waals surface area contributed by atoms with Crippen molar-refractivity contribution in [3.63, 3.8) is 0 Å². The lowest BCUT2D eigenvalue weighted by molar-refractivity contribution is 0.232. The van der Waals surface area contributed by atoms with Gasteiger partial charge in [0.1, 0.15) is 5.82 Å². The van der Waals surface area contributed by atoms with Crippen LogP contribution in [0.25, 0.3) is 0 Å². The number of rotatable bonds is 5. The van der Waals surface area contributed by atoms with Gasteiger partial charge in [0.05, 0.1) is 0 Å². The van der Waals surface area contributed by atoms with E-state index in [4.69, 9.17) is 0 Å². The second-order valence-electron chi connectivity index (χ2n) is 5.35. The highest BCUT2D eigenvalue weighted by atomic mass is 127. The minimum atomic E-state index is -0.186. The molecule has 0 unspecified atom stereocenters. The minimum absolute atomic E-state index is 0. The van der Waals surface area contributed by atoms with Crippen LogP contribution in [0, 0.1) is 5.82 Å². The van der Waals surface area contributed by atoms with Crippen LogP contribution >= 0.6 is 24.0 Å². The summed E-state index contributed by atoms with van der Waals surface area (Å²) in [5.41, 5.74) is 0.650. The van der Waals surface area contributed by atoms with Crippen molar-refractivity contribution in [1.82, 2.24) is 15.5 Å². The SMILES string of the molecule is CN=C(NCCN1CCCCC1)NCc1ccccc1F.I. The fraction of sp³-hybridized carbons (Fsp3) is 0.562. The van der Waals surface area contributed by atoms with Crippen LogP contribution in [0.15, 0.2) is 29.3 Å². The van der Waals surface area contributed by atoms with Gasteiger partial charge in [-0.3, -0.25) is 4.99 Å². The molecule has 6 heteroatoms. The predicted octanol–water partition coefficient (Wildman–Crippen LogP) is 2.59. The maximum Gasteiger partial charge on any atom is 0.191 e. The van der Waals surface area contributed by atoms with Crippen molar-refractivity contribution in [2.24, 2.45) is 4.99 Å². The van der Waals surface area contributed by atoms with Crippen LogP contribution in [0.2, 0.25) is 0 Å². The number of nitrogens with zero attached hydrogens (tertiary/aromatic N) is 2. The smallest absolute Gasteiger partial charge is 0.191 e. The van der Waals surface area contributed by atoms with Crippen LogP contribution in [0.3, 0.4) is 0 Å². The third kappa shape index (κ3) is 6.48. The monoisotopic (exact) mass is 420 g/mol. The van der Waals surface area contributed by atoms with Gasteiger partial charge in [0.2, 0.25) is 0 Å². The number of piperidine rings is 1. The summed E-state index contributed by atoms with van der Waals surface area (Å²) in [7, 11) is 1.73. The second-order valence-corrected chi connectivity index (χ2v) is 5.35. The summed E-state index contributed by atoms with van der Waals surface area (Å²) in [5, 5.41) is 6.43. The van der Waals surface area contributed by atoms with Crippen molar-refractivity contribution < 1.29 is 4.39 Å². The van der Waals surface area contributed by atoms with Gasteiger partial charge in [-0.1, -0.05) is 24.6 Å². The highest BCUT2D eigenvalue weighted by Crippen LogP contribution is 2.07. The fourth-order valence-electron chi connectivity index (χ4n) is 2.56. The molecule has 2 N–H and O–H groups in total. The van der Waals surface area contributed by atoms with E-state index in [0.717, 1.165) is 19.0 Å². The molecule has 1 aliphatic heterocycles. The number of hydrogen-bond donors (Lipinski definition) is 2. The summed E-state index contributed by atoms with van der Waals surface area (Å²) in [5.74, 6) is 0.532. The Morgan fingerprint density at radius 3 is 2.59 bits per heavy atom. The molecule has 1 fully saturated rings. The van der Waals surface area contributed by atoms with Crippen LogP contribution in [0.5, 0.6) is 0 Å². The van der Waals surface area contributed by atoms with E-state index in [1.165, 1.54) is 38.4 Å². The quantitative estimate of drug-likeness (QED) is 0.437. The zero-order valence-corrected chi connectivity index (χ0v) is 15.5. The number of aliphatic imine (C=N–C) groups is 1. The first kappa shape index (κ1) is 19.2. The van der Waals surface area contributed by atoms with E-state index in [-0.39, 0.29) is 29.8 Å². The van der Waals surface area contributed by atoms with E-state index in [2.05, 4.69) is 20.5 Å². The molecule has 1 aromatic carbocycles. The van der Waals surface area contributed by atoms with Crippen LogP contribution in [-0.4, -0.2) is 44.1 Å². The number of nitrogens with one attached hydrogen (secondary N) is 2. The highest BCUT2D eigenvalue weighted by molar-refractivity contribution is 14.0. The van der Waals surface area contributed by atoms with Gasteiger partial charge < -0.3 is 15.5 Å². The van der Waals surface area contributed by atoms with Gasteiger partial charge in [0.25, 0.3) is 0 Å². The average Bonchev–Trinajstić information content (AvgIpc) is 2.53. The molecule has 0 bridgehead atoms. The minimum Gasteiger partial charge on any atom is -0.355 e. The molecule has 0 spiro atoms. The molecule has 0 aliphatic carbocycles. The van der Waals surface area contributed by atoms with Gasteiger partial charge in [-0.2, -0.15) is 0 Å². The van der Waals surface area contributed by atoms with Crippen LogP contribution in [0.1, 0.15) is 24.8 Å².